The molecule has 1 saturated heterocycles. The molecule has 116 valence electrons. The molecule has 0 spiro atoms. The predicted molar refractivity (Wildman–Crippen MR) is 78.9 cm³/mol. The number of carbonyl (C=O) groups excluding carboxylic acids is 1. The lowest BCUT2D eigenvalue weighted by Crippen LogP contribution is -2.40. The summed E-state index contributed by atoms with van der Waals surface area (Å²) in [5, 5.41) is 0. The zero-order valence-electron chi connectivity index (χ0n) is 12.7. The third-order valence-corrected chi connectivity index (χ3v) is 3.73. The molecule has 2 atom stereocenters. The summed E-state index contributed by atoms with van der Waals surface area (Å²) in [6, 6.07) is 9.91. The average Bonchev–Trinajstić information content (AvgIpc) is 2.92. The predicted octanol–water partition coefficient (Wildman–Crippen LogP) is 1.47. The molecule has 21 heavy (non-hydrogen) atoms. The van der Waals surface area contributed by atoms with Gasteiger partial charge in [-0.05, 0) is 12.0 Å². The highest BCUT2D eigenvalue weighted by Crippen LogP contribution is 2.20. The Bertz CT molecular complexity index is 437. The van der Waals surface area contributed by atoms with Gasteiger partial charge in [0.1, 0.15) is 6.61 Å². The van der Waals surface area contributed by atoms with Gasteiger partial charge in [-0.15, -0.1) is 0 Å². The SMILES string of the molecule is COC[C@@H]1C[C@H](OC)CN1C(=O)COCc1ccccc1. The molecule has 1 aromatic carbocycles. The van der Waals surface area contributed by atoms with E-state index in [1.165, 1.54) is 0 Å². The minimum Gasteiger partial charge on any atom is -0.383 e. The lowest BCUT2D eigenvalue weighted by Gasteiger charge is -2.23. The van der Waals surface area contributed by atoms with Gasteiger partial charge in [-0.3, -0.25) is 4.79 Å². The largest absolute Gasteiger partial charge is 0.383 e. The van der Waals surface area contributed by atoms with Gasteiger partial charge in [-0.25, -0.2) is 0 Å². The fraction of sp³-hybridized carbons (Fsp3) is 0.562. The molecule has 5 nitrogen and oxygen atoms in total. The van der Waals surface area contributed by atoms with E-state index in [0.717, 1.165) is 12.0 Å². The van der Waals surface area contributed by atoms with Gasteiger partial charge in [0.15, 0.2) is 0 Å². The molecule has 1 aliphatic heterocycles. The maximum Gasteiger partial charge on any atom is 0.249 e. The van der Waals surface area contributed by atoms with Crippen LogP contribution >= 0.6 is 0 Å². The molecule has 1 fully saturated rings. The van der Waals surface area contributed by atoms with E-state index >= 15 is 0 Å². The van der Waals surface area contributed by atoms with Gasteiger partial charge in [0.2, 0.25) is 5.91 Å². The highest BCUT2D eigenvalue weighted by atomic mass is 16.5. The highest BCUT2D eigenvalue weighted by molar-refractivity contribution is 5.78. The van der Waals surface area contributed by atoms with Gasteiger partial charge in [-0.2, -0.15) is 0 Å². The number of carbonyl (C=O) groups is 1. The molecule has 5 heteroatoms. The lowest BCUT2D eigenvalue weighted by atomic mass is 10.2. The molecule has 0 unspecified atom stereocenters. The van der Waals surface area contributed by atoms with Gasteiger partial charge in [0.05, 0.1) is 25.4 Å². The van der Waals surface area contributed by atoms with Crippen molar-refractivity contribution < 1.29 is 19.0 Å². The van der Waals surface area contributed by atoms with Crippen molar-refractivity contribution in [3.05, 3.63) is 35.9 Å². The molecule has 2 rings (SSSR count). The number of hydrogen-bond acceptors (Lipinski definition) is 4. The summed E-state index contributed by atoms with van der Waals surface area (Å²) in [5.41, 5.74) is 1.06. The van der Waals surface area contributed by atoms with E-state index in [-0.39, 0.29) is 24.7 Å². The number of benzene rings is 1. The molecule has 0 N–H and O–H groups in total. The van der Waals surface area contributed by atoms with Crippen LogP contribution in [-0.4, -0.2) is 56.9 Å². The van der Waals surface area contributed by atoms with E-state index < -0.39 is 0 Å². The minimum atomic E-state index is -0.00692. The van der Waals surface area contributed by atoms with Crippen molar-refractivity contribution in [2.24, 2.45) is 0 Å². The van der Waals surface area contributed by atoms with Crippen LogP contribution in [0.3, 0.4) is 0 Å². The standard InChI is InChI=1S/C16H23NO4/c1-19-11-14-8-15(20-2)9-17(14)16(18)12-21-10-13-6-4-3-5-7-13/h3-7,14-15H,8-12H2,1-2H3/t14-,15-/m0/s1. The zero-order chi connectivity index (χ0) is 15.1. The van der Waals surface area contributed by atoms with Gasteiger partial charge >= 0.3 is 0 Å². The maximum absolute atomic E-state index is 12.3. The van der Waals surface area contributed by atoms with Crippen LogP contribution in [0.5, 0.6) is 0 Å². The lowest BCUT2D eigenvalue weighted by molar-refractivity contribution is -0.138. The van der Waals surface area contributed by atoms with Crippen LogP contribution in [0, 0.1) is 0 Å². The Kier molecular flexibility index (Phi) is 6.17. The van der Waals surface area contributed by atoms with Crippen LogP contribution in [0.15, 0.2) is 30.3 Å². The monoisotopic (exact) mass is 293 g/mol. The first-order valence-corrected chi connectivity index (χ1v) is 7.17. The van der Waals surface area contributed by atoms with Crippen molar-refractivity contribution >= 4 is 5.91 Å². The average molecular weight is 293 g/mol. The Morgan fingerprint density at radius 3 is 2.71 bits per heavy atom. The summed E-state index contributed by atoms with van der Waals surface area (Å²) >= 11 is 0. The maximum atomic E-state index is 12.3. The van der Waals surface area contributed by atoms with E-state index in [1.807, 2.05) is 35.2 Å². The molecule has 1 heterocycles. The third kappa shape index (κ3) is 4.52. The van der Waals surface area contributed by atoms with Crippen molar-refractivity contribution in [1.29, 1.82) is 0 Å². The van der Waals surface area contributed by atoms with E-state index in [1.54, 1.807) is 14.2 Å². The quantitative estimate of drug-likeness (QED) is 0.764. The molecule has 0 radical (unpaired) electrons. The molecule has 1 aromatic rings. The van der Waals surface area contributed by atoms with Crippen LogP contribution in [0.25, 0.3) is 0 Å². The minimum absolute atomic E-state index is 0.00692. The van der Waals surface area contributed by atoms with Crippen LogP contribution in [0.2, 0.25) is 0 Å². The first kappa shape index (κ1) is 15.9. The number of nitrogens with zero attached hydrogens (tertiary/aromatic N) is 1. The van der Waals surface area contributed by atoms with Crippen LogP contribution in [0.1, 0.15) is 12.0 Å². The van der Waals surface area contributed by atoms with Crippen molar-refractivity contribution in [3.63, 3.8) is 0 Å². The number of ether oxygens (including phenoxy) is 3. The van der Waals surface area contributed by atoms with Crippen LogP contribution < -0.4 is 0 Å². The van der Waals surface area contributed by atoms with Crippen LogP contribution in [-0.2, 0) is 25.6 Å². The highest BCUT2D eigenvalue weighted by Gasteiger charge is 2.35. The first-order chi connectivity index (χ1) is 10.2. The molecular weight excluding hydrogens is 270 g/mol. The van der Waals surface area contributed by atoms with Crippen molar-refractivity contribution in [2.75, 3.05) is 34.0 Å². The second kappa shape index (κ2) is 8.12. The summed E-state index contributed by atoms with van der Waals surface area (Å²) in [7, 11) is 3.32. The molecular formula is C16H23NO4. The van der Waals surface area contributed by atoms with Gasteiger partial charge < -0.3 is 19.1 Å². The number of methoxy groups -OCH3 is 2. The van der Waals surface area contributed by atoms with Crippen molar-refractivity contribution in [1.82, 2.24) is 4.90 Å². The second-order valence-corrected chi connectivity index (χ2v) is 5.23. The van der Waals surface area contributed by atoms with Gasteiger partial charge in [-0.1, -0.05) is 30.3 Å². The summed E-state index contributed by atoms with van der Waals surface area (Å²) in [6.45, 7) is 1.68. The number of amides is 1. The summed E-state index contributed by atoms with van der Waals surface area (Å²) in [4.78, 5) is 14.1. The molecule has 0 bridgehead atoms. The number of likely N-dealkylation sites (tertiary alicyclic amines) is 1. The summed E-state index contributed by atoms with van der Waals surface area (Å²) < 4.78 is 16.1. The fourth-order valence-electron chi connectivity index (χ4n) is 2.61. The normalized spacial score (nSPS) is 21.7. The van der Waals surface area contributed by atoms with E-state index in [9.17, 15) is 4.79 Å². The molecule has 1 aliphatic rings. The van der Waals surface area contributed by atoms with E-state index in [4.69, 9.17) is 14.2 Å². The molecule has 1 amide bonds. The molecule has 0 aromatic heterocycles. The summed E-state index contributed by atoms with van der Waals surface area (Å²) in [6.07, 6.45) is 0.901. The molecule has 0 saturated carbocycles. The second-order valence-electron chi connectivity index (χ2n) is 5.23. The smallest absolute Gasteiger partial charge is 0.249 e. The Balaban J connectivity index is 1.81. The Hall–Kier alpha value is -1.43. The summed E-state index contributed by atoms with van der Waals surface area (Å²) in [5.74, 6) is -0.00692. The van der Waals surface area contributed by atoms with Gasteiger partial charge in [0.25, 0.3) is 0 Å². The van der Waals surface area contributed by atoms with Crippen LogP contribution in [0.4, 0.5) is 0 Å². The topological polar surface area (TPSA) is 48.0 Å². The third-order valence-electron chi connectivity index (χ3n) is 3.73. The van der Waals surface area contributed by atoms with E-state index in [2.05, 4.69) is 0 Å². The number of hydrogen-bond donors (Lipinski definition) is 0. The molecule has 0 aliphatic carbocycles. The number of rotatable bonds is 7. The van der Waals surface area contributed by atoms with Crippen molar-refractivity contribution in [2.45, 2.75) is 25.2 Å². The fourth-order valence-corrected chi connectivity index (χ4v) is 2.61. The zero-order valence-corrected chi connectivity index (χ0v) is 12.7. The van der Waals surface area contributed by atoms with E-state index in [0.29, 0.717) is 19.8 Å². The first-order valence-electron chi connectivity index (χ1n) is 7.17. The van der Waals surface area contributed by atoms with Gasteiger partial charge in [0, 0.05) is 20.8 Å². The Morgan fingerprint density at radius 2 is 2.05 bits per heavy atom. The van der Waals surface area contributed by atoms with Crippen molar-refractivity contribution in [3.8, 4) is 0 Å². The Morgan fingerprint density at radius 1 is 1.29 bits per heavy atom. The Labute approximate surface area is 125 Å².